The third-order valence-electron chi connectivity index (χ3n) is 1.63. The van der Waals surface area contributed by atoms with Gasteiger partial charge in [-0.15, -0.1) is 0 Å². The number of aromatic nitrogens is 1. The van der Waals surface area contributed by atoms with Crippen LogP contribution in [-0.4, -0.2) is 19.1 Å². The second-order valence-electron chi connectivity index (χ2n) is 2.57. The summed E-state index contributed by atoms with van der Waals surface area (Å²) >= 11 is 0. The molecule has 0 radical (unpaired) electrons. The monoisotopic (exact) mass is 166 g/mol. The van der Waals surface area contributed by atoms with Crippen molar-refractivity contribution in [3.05, 3.63) is 29.6 Å². The molecule has 1 heterocycles. The zero-order valence-corrected chi connectivity index (χ0v) is 7.50. The number of hydrogen-bond donors (Lipinski definition) is 1. The van der Waals surface area contributed by atoms with Gasteiger partial charge in [0.1, 0.15) is 0 Å². The van der Waals surface area contributed by atoms with Gasteiger partial charge in [0, 0.05) is 19.9 Å². The van der Waals surface area contributed by atoms with E-state index in [0.717, 1.165) is 12.2 Å². The summed E-state index contributed by atoms with van der Waals surface area (Å²) in [5.41, 5.74) is 2.20. The van der Waals surface area contributed by atoms with Crippen LogP contribution >= 0.6 is 0 Å². The molecule has 12 heavy (non-hydrogen) atoms. The van der Waals surface area contributed by atoms with E-state index in [1.807, 2.05) is 13.1 Å². The lowest BCUT2D eigenvalue weighted by Gasteiger charge is -2.05. The van der Waals surface area contributed by atoms with Crippen LogP contribution in [0, 0.1) is 0 Å². The summed E-state index contributed by atoms with van der Waals surface area (Å²) < 4.78 is 5.02. The van der Waals surface area contributed by atoms with Gasteiger partial charge < -0.3 is 10.1 Å². The smallest absolute Gasteiger partial charge is 0.0887 e. The number of hydrogen-bond acceptors (Lipinski definition) is 3. The lowest BCUT2D eigenvalue weighted by molar-refractivity contribution is 0.180. The molecule has 66 valence electrons. The first-order chi connectivity index (χ1) is 5.88. The van der Waals surface area contributed by atoms with Crippen LogP contribution in [0.5, 0.6) is 0 Å². The molecule has 0 saturated heterocycles. The average molecular weight is 166 g/mol. The number of nitrogens with zero attached hydrogens (tertiary/aromatic N) is 1. The third kappa shape index (κ3) is 2.29. The van der Waals surface area contributed by atoms with Gasteiger partial charge in [-0.05, 0) is 18.7 Å². The molecule has 1 rings (SSSR count). The Hall–Kier alpha value is -0.930. The van der Waals surface area contributed by atoms with Crippen LogP contribution in [0.1, 0.15) is 11.3 Å². The number of ether oxygens (including phenoxy) is 1. The number of methoxy groups -OCH3 is 1. The van der Waals surface area contributed by atoms with Gasteiger partial charge in [-0.1, -0.05) is 6.07 Å². The fourth-order valence-electron chi connectivity index (χ4n) is 1.09. The van der Waals surface area contributed by atoms with Gasteiger partial charge in [-0.25, -0.2) is 0 Å². The van der Waals surface area contributed by atoms with Crippen molar-refractivity contribution in [2.24, 2.45) is 0 Å². The van der Waals surface area contributed by atoms with E-state index >= 15 is 0 Å². The SMILES string of the molecule is CNCc1cccnc1COC. The molecule has 0 spiro atoms. The normalized spacial score (nSPS) is 10.2. The van der Waals surface area contributed by atoms with Crippen molar-refractivity contribution in [1.29, 1.82) is 0 Å². The second kappa shape index (κ2) is 4.85. The van der Waals surface area contributed by atoms with Crippen LogP contribution in [0.2, 0.25) is 0 Å². The van der Waals surface area contributed by atoms with Gasteiger partial charge in [-0.2, -0.15) is 0 Å². The van der Waals surface area contributed by atoms with E-state index in [1.165, 1.54) is 5.56 Å². The van der Waals surface area contributed by atoms with Crippen molar-refractivity contribution in [3.63, 3.8) is 0 Å². The van der Waals surface area contributed by atoms with Crippen LogP contribution in [0.4, 0.5) is 0 Å². The molecule has 1 N–H and O–H groups in total. The summed E-state index contributed by atoms with van der Waals surface area (Å²) in [5, 5.41) is 3.09. The Balaban J connectivity index is 2.77. The Morgan fingerprint density at radius 3 is 3.08 bits per heavy atom. The van der Waals surface area contributed by atoms with Crippen LogP contribution in [0.15, 0.2) is 18.3 Å². The van der Waals surface area contributed by atoms with Gasteiger partial charge in [0.25, 0.3) is 0 Å². The molecule has 1 aromatic heterocycles. The fourth-order valence-corrected chi connectivity index (χ4v) is 1.09. The molecule has 0 fully saturated rings. The molecule has 3 heteroatoms. The third-order valence-corrected chi connectivity index (χ3v) is 1.63. The highest BCUT2D eigenvalue weighted by molar-refractivity contribution is 5.18. The van der Waals surface area contributed by atoms with E-state index in [-0.39, 0.29) is 0 Å². The molecular formula is C9H14N2O. The Morgan fingerprint density at radius 1 is 1.58 bits per heavy atom. The number of rotatable bonds is 4. The quantitative estimate of drug-likeness (QED) is 0.723. The molecule has 0 saturated carbocycles. The van der Waals surface area contributed by atoms with Crippen LogP contribution in [0.3, 0.4) is 0 Å². The van der Waals surface area contributed by atoms with E-state index in [9.17, 15) is 0 Å². The van der Waals surface area contributed by atoms with Crippen molar-refractivity contribution in [2.75, 3.05) is 14.2 Å². The van der Waals surface area contributed by atoms with Gasteiger partial charge in [0.2, 0.25) is 0 Å². The van der Waals surface area contributed by atoms with Crippen molar-refractivity contribution in [2.45, 2.75) is 13.2 Å². The Morgan fingerprint density at radius 2 is 2.42 bits per heavy atom. The van der Waals surface area contributed by atoms with E-state index in [4.69, 9.17) is 4.74 Å². The molecule has 0 atom stereocenters. The summed E-state index contributed by atoms with van der Waals surface area (Å²) in [5.74, 6) is 0. The van der Waals surface area contributed by atoms with Gasteiger partial charge in [0.05, 0.1) is 12.3 Å². The molecule has 0 aliphatic carbocycles. The highest BCUT2D eigenvalue weighted by Gasteiger charge is 2.00. The lowest BCUT2D eigenvalue weighted by Crippen LogP contribution is -2.09. The Labute approximate surface area is 72.8 Å². The molecule has 0 bridgehead atoms. The fraction of sp³-hybridized carbons (Fsp3) is 0.444. The van der Waals surface area contributed by atoms with E-state index in [0.29, 0.717) is 6.61 Å². The first kappa shape index (κ1) is 9.16. The minimum Gasteiger partial charge on any atom is -0.378 e. The molecular weight excluding hydrogens is 152 g/mol. The number of nitrogens with one attached hydrogen (secondary N) is 1. The van der Waals surface area contributed by atoms with Crippen molar-refractivity contribution >= 4 is 0 Å². The summed E-state index contributed by atoms with van der Waals surface area (Å²) in [7, 11) is 3.60. The lowest BCUT2D eigenvalue weighted by atomic mass is 10.2. The highest BCUT2D eigenvalue weighted by Crippen LogP contribution is 2.05. The van der Waals surface area contributed by atoms with E-state index < -0.39 is 0 Å². The maximum atomic E-state index is 5.02. The summed E-state index contributed by atoms with van der Waals surface area (Å²) in [6.45, 7) is 1.42. The standard InChI is InChI=1S/C9H14N2O/c1-10-6-8-4-3-5-11-9(8)7-12-2/h3-5,10H,6-7H2,1-2H3. The van der Waals surface area contributed by atoms with Gasteiger partial charge >= 0.3 is 0 Å². The minimum atomic E-state index is 0.581. The summed E-state index contributed by atoms with van der Waals surface area (Å²) in [6, 6.07) is 3.99. The van der Waals surface area contributed by atoms with Crippen LogP contribution in [-0.2, 0) is 17.9 Å². The molecule has 0 aromatic carbocycles. The van der Waals surface area contributed by atoms with Gasteiger partial charge in [0.15, 0.2) is 0 Å². The second-order valence-corrected chi connectivity index (χ2v) is 2.57. The van der Waals surface area contributed by atoms with E-state index in [2.05, 4.69) is 16.4 Å². The molecule has 3 nitrogen and oxygen atoms in total. The Bertz CT molecular complexity index is 213. The van der Waals surface area contributed by atoms with Crippen molar-refractivity contribution < 1.29 is 4.74 Å². The first-order valence-electron chi connectivity index (χ1n) is 3.94. The Kier molecular flexibility index (Phi) is 3.70. The first-order valence-corrected chi connectivity index (χ1v) is 3.94. The van der Waals surface area contributed by atoms with E-state index in [1.54, 1.807) is 13.3 Å². The molecule has 0 unspecified atom stereocenters. The summed E-state index contributed by atoms with van der Waals surface area (Å²) in [4.78, 5) is 4.22. The van der Waals surface area contributed by atoms with Crippen molar-refractivity contribution in [1.82, 2.24) is 10.3 Å². The van der Waals surface area contributed by atoms with Gasteiger partial charge in [-0.3, -0.25) is 4.98 Å². The molecule has 0 amide bonds. The zero-order valence-electron chi connectivity index (χ0n) is 7.50. The van der Waals surface area contributed by atoms with Crippen LogP contribution < -0.4 is 5.32 Å². The maximum Gasteiger partial charge on any atom is 0.0887 e. The minimum absolute atomic E-state index is 0.581. The highest BCUT2D eigenvalue weighted by atomic mass is 16.5. The molecule has 0 aliphatic rings. The number of pyridine rings is 1. The molecule has 0 aliphatic heterocycles. The van der Waals surface area contributed by atoms with Crippen molar-refractivity contribution in [3.8, 4) is 0 Å². The summed E-state index contributed by atoms with van der Waals surface area (Å²) in [6.07, 6.45) is 1.79. The maximum absolute atomic E-state index is 5.02. The predicted octanol–water partition coefficient (Wildman–Crippen LogP) is 0.947. The molecule has 1 aromatic rings. The predicted molar refractivity (Wildman–Crippen MR) is 47.7 cm³/mol. The average Bonchev–Trinajstić information content (AvgIpc) is 2.09. The van der Waals surface area contributed by atoms with Crippen LogP contribution in [0.25, 0.3) is 0 Å². The zero-order chi connectivity index (χ0) is 8.81. The topological polar surface area (TPSA) is 34.2 Å². The largest absolute Gasteiger partial charge is 0.378 e.